The van der Waals surface area contributed by atoms with E-state index in [1.807, 2.05) is 25.1 Å². The molecule has 1 fully saturated rings. The molecule has 0 heterocycles. The molecule has 1 aromatic rings. The van der Waals surface area contributed by atoms with Gasteiger partial charge in [-0.3, -0.25) is 4.79 Å². The second kappa shape index (κ2) is 6.14. The summed E-state index contributed by atoms with van der Waals surface area (Å²) in [6.07, 6.45) is 2.14. The fraction of sp³-hybridized carbons (Fsp3) is 0.533. The van der Waals surface area contributed by atoms with E-state index in [-0.39, 0.29) is 5.92 Å². The summed E-state index contributed by atoms with van der Waals surface area (Å²) in [5, 5.41) is 22.7. The Hall–Kier alpha value is -1.07. The minimum atomic E-state index is -0.809. The first kappa shape index (κ1) is 15.3. The maximum absolute atomic E-state index is 10.9. The van der Waals surface area contributed by atoms with Crippen molar-refractivity contribution >= 4 is 27.6 Å². The second-order valence-corrected chi connectivity index (χ2v) is 6.53. The highest BCUT2D eigenvalue weighted by molar-refractivity contribution is 9.10. The zero-order valence-corrected chi connectivity index (χ0v) is 13.1. The molecule has 0 saturated heterocycles. The Bertz CT molecular complexity index is 496. The molecular weight excluding hydrogens is 322 g/mol. The van der Waals surface area contributed by atoms with Crippen LogP contribution in [0.25, 0.3) is 0 Å². The fourth-order valence-electron chi connectivity index (χ4n) is 2.60. The number of carboxylic acid groups (broad SMARTS) is 1. The minimum absolute atomic E-state index is 0.304. The molecule has 0 spiro atoms. The van der Waals surface area contributed by atoms with Gasteiger partial charge in [-0.05, 0) is 66.2 Å². The van der Waals surface area contributed by atoms with Crippen molar-refractivity contribution in [1.82, 2.24) is 0 Å². The van der Waals surface area contributed by atoms with Crippen LogP contribution in [0.5, 0.6) is 0 Å². The van der Waals surface area contributed by atoms with Gasteiger partial charge in [-0.2, -0.15) is 0 Å². The van der Waals surface area contributed by atoms with Gasteiger partial charge in [-0.15, -0.1) is 0 Å². The van der Waals surface area contributed by atoms with E-state index in [2.05, 4.69) is 21.2 Å². The third kappa shape index (κ3) is 3.73. The number of rotatable bonds is 4. The molecule has 5 heteroatoms. The Morgan fingerprint density at radius 2 is 2.10 bits per heavy atom. The maximum Gasteiger partial charge on any atom is 0.306 e. The normalized spacial score (nSPS) is 26.2. The van der Waals surface area contributed by atoms with Crippen LogP contribution in [0.4, 0.5) is 5.69 Å². The van der Waals surface area contributed by atoms with Gasteiger partial charge in [0.05, 0.1) is 11.5 Å². The topological polar surface area (TPSA) is 69.6 Å². The molecular formula is C15H20BrNO3. The molecule has 1 aliphatic carbocycles. The predicted octanol–water partition coefficient (Wildman–Crippen LogP) is 3.18. The van der Waals surface area contributed by atoms with Crippen LogP contribution < -0.4 is 5.32 Å². The van der Waals surface area contributed by atoms with E-state index in [0.29, 0.717) is 32.2 Å². The van der Waals surface area contributed by atoms with Crippen LogP contribution in [-0.2, 0) is 4.79 Å². The molecule has 1 aliphatic rings. The number of carboxylic acids is 1. The summed E-state index contributed by atoms with van der Waals surface area (Å²) in [4.78, 5) is 10.9. The predicted molar refractivity (Wildman–Crippen MR) is 81.9 cm³/mol. The van der Waals surface area contributed by atoms with Gasteiger partial charge in [0.25, 0.3) is 0 Å². The van der Waals surface area contributed by atoms with Crippen molar-refractivity contribution in [3.05, 3.63) is 28.2 Å². The number of benzene rings is 1. The number of aryl methyl sites for hydroxylation is 1. The number of anilines is 1. The first-order valence-electron chi connectivity index (χ1n) is 6.85. The number of carbonyl (C=O) groups is 1. The molecule has 0 atom stereocenters. The molecule has 0 aromatic heterocycles. The van der Waals surface area contributed by atoms with Crippen LogP contribution in [0.2, 0.25) is 0 Å². The van der Waals surface area contributed by atoms with Gasteiger partial charge in [0, 0.05) is 16.7 Å². The Labute approximate surface area is 127 Å². The van der Waals surface area contributed by atoms with Crippen molar-refractivity contribution in [2.75, 3.05) is 11.9 Å². The minimum Gasteiger partial charge on any atom is -0.481 e. The molecule has 4 nitrogen and oxygen atoms in total. The molecule has 2 rings (SSSR count). The Morgan fingerprint density at radius 3 is 2.65 bits per heavy atom. The van der Waals surface area contributed by atoms with E-state index >= 15 is 0 Å². The zero-order chi connectivity index (χ0) is 14.8. The van der Waals surface area contributed by atoms with Crippen molar-refractivity contribution < 1.29 is 15.0 Å². The van der Waals surface area contributed by atoms with E-state index in [1.165, 1.54) is 5.56 Å². The van der Waals surface area contributed by atoms with Crippen LogP contribution in [0, 0.1) is 12.8 Å². The molecule has 20 heavy (non-hydrogen) atoms. The van der Waals surface area contributed by atoms with Crippen molar-refractivity contribution in [3.8, 4) is 0 Å². The highest BCUT2D eigenvalue weighted by Gasteiger charge is 2.35. The summed E-state index contributed by atoms with van der Waals surface area (Å²) < 4.78 is 0.973. The third-order valence-corrected chi connectivity index (χ3v) is 4.65. The Balaban J connectivity index is 1.92. The van der Waals surface area contributed by atoms with Gasteiger partial charge in [0.2, 0.25) is 0 Å². The second-order valence-electron chi connectivity index (χ2n) is 5.67. The van der Waals surface area contributed by atoms with E-state index in [0.717, 1.165) is 10.2 Å². The smallest absolute Gasteiger partial charge is 0.306 e. The molecule has 1 aromatic carbocycles. The standard InChI is InChI=1S/C15H20BrNO3/c1-10-2-3-13(12(16)8-10)17-9-15(20)6-4-11(5-7-15)14(18)19/h2-3,8,11,17,20H,4-7,9H2,1H3,(H,18,19). The van der Waals surface area contributed by atoms with E-state index in [4.69, 9.17) is 5.11 Å². The lowest BCUT2D eigenvalue weighted by molar-refractivity contribution is -0.144. The monoisotopic (exact) mass is 341 g/mol. The third-order valence-electron chi connectivity index (χ3n) is 4.00. The fourth-order valence-corrected chi connectivity index (χ4v) is 3.24. The lowest BCUT2D eigenvalue weighted by Gasteiger charge is -2.35. The number of aliphatic hydroxyl groups is 1. The van der Waals surface area contributed by atoms with Crippen molar-refractivity contribution in [1.29, 1.82) is 0 Å². The number of hydrogen-bond acceptors (Lipinski definition) is 3. The van der Waals surface area contributed by atoms with Crippen LogP contribution in [0.3, 0.4) is 0 Å². The first-order valence-corrected chi connectivity index (χ1v) is 7.64. The van der Waals surface area contributed by atoms with Crippen LogP contribution in [0.1, 0.15) is 31.2 Å². The average Bonchev–Trinajstić information content (AvgIpc) is 2.38. The summed E-state index contributed by atoms with van der Waals surface area (Å²) in [5.41, 5.74) is 1.31. The van der Waals surface area contributed by atoms with Crippen molar-refractivity contribution in [2.24, 2.45) is 5.92 Å². The van der Waals surface area contributed by atoms with Crippen molar-refractivity contribution in [2.45, 2.75) is 38.2 Å². The average molecular weight is 342 g/mol. The molecule has 0 bridgehead atoms. The largest absolute Gasteiger partial charge is 0.481 e. The van der Waals surface area contributed by atoms with Crippen molar-refractivity contribution in [3.63, 3.8) is 0 Å². The zero-order valence-electron chi connectivity index (χ0n) is 11.5. The molecule has 110 valence electrons. The van der Waals surface area contributed by atoms with Crippen LogP contribution >= 0.6 is 15.9 Å². The molecule has 0 aliphatic heterocycles. The molecule has 0 amide bonds. The molecule has 0 unspecified atom stereocenters. The number of nitrogens with one attached hydrogen (secondary N) is 1. The summed E-state index contributed by atoms with van der Waals surface area (Å²) in [6.45, 7) is 2.47. The number of hydrogen-bond donors (Lipinski definition) is 3. The Morgan fingerprint density at radius 1 is 1.45 bits per heavy atom. The number of halogens is 1. The molecule has 3 N–H and O–H groups in total. The van der Waals surface area contributed by atoms with Gasteiger partial charge in [0.1, 0.15) is 0 Å². The van der Waals surface area contributed by atoms with Gasteiger partial charge < -0.3 is 15.5 Å². The van der Waals surface area contributed by atoms with Gasteiger partial charge in [-0.1, -0.05) is 6.07 Å². The molecule has 0 radical (unpaired) electrons. The summed E-state index contributed by atoms with van der Waals surface area (Å²) in [6, 6.07) is 6.01. The van der Waals surface area contributed by atoms with Crippen LogP contribution in [-0.4, -0.2) is 28.3 Å². The SMILES string of the molecule is Cc1ccc(NCC2(O)CCC(C(=O)O)CC2)c(Br)c1. The first-order chi connectivity index (χ1) is 9.39. The quantitative estimate of drug-likeness (QED) is 0.786. The summed E-state index contributed by atoms with van der Waals surface area (Å²) >= 11 is 3.50. The van der Waals surface area contributed by atoms with E-state index in [9.17, 15) is 9.90 Å². The van der Waals surface area contributed by atoms with Crippen LogP contribution in [0.15, 0.2) is 22.7 Å². The summed E-state index contributed by atoms with van der Waals surface area (Å²) in [5.74, 6) is -1.05. The van der Waals surface area contributed by atoms with E-state index in [1.54, 1.807) is 0 Å². The lowest BCUT2D eigenvalue weighted by atomic mass is 9.79. The maximum atomic E-state index is 10.9. The number of aliphatic carboxylic acids is 1. The summed E-state index contributed by atoms with van der Waals surface area (Å²) in [7, 11) is 0. The molecule has 1 saturated carbocycles. The lowest BCUT2D eigenvalue weighted by Crippen LogP contribution is -2.41. The van der Waals surface area contributed by atoms with Gasteiger partial charge >= 0.3 is 5.97 Å². The highest BCUT2D eigenvalue weighted by atomic mass is 79.9. The highest BCUT2D eigenvalue weighted by Crippen LogP contribution is 2.33. The Kier molecular flexibility index (Phi) is 4.70. The van der Waals surface area contributed by atoms with Gasteiger partial charge in [0.15, 0.2) is 0 Å². The van der Waals surface area contributed by atoms with Gasteiger partial charge in [-0.25, -0.2) is 0 Å². The van der Waals surface area contributed by atoms with E-state index < -0.39 is 11.6 Å².